The first-order valence-electron chi connectivity index (χ1n) is 8.23. The van der Waals surface area contributed by atoms with Gasteiger partial charge in [0.15, 0.2) is 15.4 Å². The van der Waals surface area contributed by atoms with Crippen molar-refractivity contribution in [1.82, 2.24) is 9.97 Å². The highest BCUT2D eigenvalue weighted by Crippen LogP contribution is 2.45. The highest BCUT2D eigenvalue weighted by atomic mass is 35.5. The molecule has 0 saturated carbocycles. The van der Waals surface area contributed by atoms with Gasteiger partial charge in [-0.25, -0.2) is 13.4 Å². The van der Waals surface area contributed by atoms with Crippen LogP contribution in [-0.2, 0) is 21.0 Å². The number of hydrogen-bond acceptors (Lipinski definition) is 4. The third-order valence-electron chi connectivity index (χ3n) is 4.55. The summed E-state index contributed by atoms with van der Waals surface area (Å²) in [5.74, 6) is 0.603. The van der Waals surface area contributed by atoms with Crippen LogP contribution in [0.2, 0.25) is 0 Å². The number of aromatic amines is 1. The minimum atomic E-state index is -3.54. The number of halogens is 1. The molecular formula is C19H17ClN2O3S. The van der Waals surface area contributed by atoms with E-state index in [-0.39, 0.29) is 6.42 Å². The SMILES string of the molecule is O=S1(=O)c2ccccc2C(OC(Cl)c2ccccc2)C1Cc1ncc[nH]1. The van der Waals surface area contributed by atoms with Gasteiger partial charge >= 0.3 is 0 Å². The number of ether oxygens (including phenoxy) is 1. The Morgan fingerprint density at radius 2 is 1.85 bits per heavy atom. The summed E-state index contributed by atoms with van der Waals surface area (Å²) in [5, 5.41) is -0.781. The van der Waals surface area contributed by atoms with E-state index in [0.717, 1.165) is 5.56 Å². The quantitative estimate of drug-likeness (QED) is 0.675. The fraction of sp³-hybridized carbons (Fsp3) is 0.211. The summed E-state index contributed by atoms with van der Waals surface area (Å²) in [4.78, 5) is 7.45. The number of rotatable bonds is 5. The van der Waals surface area contributed by atoms with Gasteiger partial charge in [0, 0.05) is 24.4 Å². The van der Waals surface area contributed by atoms with Crippen molar-refractivity contribution >= 4 is 21.4 Å². The molecule has 3 atom stereocenters. The van der Waals surface area contributed by atoms with E-state index in [1.165, 1.54) is 0 Å². The molecule has 3 aromatic rings. The van der Waals surface area contributed by atoms with E-state index in [1.807, 2.05) is 36.4 Å². The van der Waals surface area contributed by atoms with Crippen LogP contribution in [0.1, 0.15) is 28.6 Å². The van der Waals surface area contributed by atoms with Crippen LogP contribution in [0.4, 0.5) is 0 Å². The molecule has 0 aliphatic carbocycles. The van der Waals surface area contributed by atoms with Crippen LogP contribution in [0.5, 0.6) is 0 Å². The summed E-state index contributed by atoms with van der Waals surface area (Å²) >= 11 is 6.45. The zero-order valence-electron chi connectivity index (χ0n) is 13.7. The number of benzene rings is 2. The Labute approximate surface area is 156 Å². The Morgan fingerprint density at radius 3 is 2.58 bits per heavy atom. The van der Waals surface area contributed by atoms with Crippen molar-refractivity contribution in [2.24, 2.45) is 0 Å². The highest BCUT2D eigenvalue weighted by Gasteiger charge is 2.46. The van der Waals surface area contributed by atoms with Gasteiger partial charge in [0.05, 0.1) is 4.90 Å². The van der Waals surface area contributed by atoms with Gasteiger partial charge in [0.1, 0.15) is 17.2 Å². The maximum absolute atomic E-state index is 13.1. The second kappa shape index (κ2) is 6.87. The molecule has 4 rings (SSSR count). The molecule has 3 unspecified atom stereocenters. The minimum Gasteiger partial charge on any atom is -0.349 e. The standard InChI is InChI=1S/C19H17ClN2O3S/c20-19(13-6-2-1-3-7-13)25-18-14-8-4-5-9-15(14)26(23,24)16(18)12-17-21-10-11-22-17/h1-11,16,18-19H,12H2,(H,21,22). The van der Waals surface area contributed by atoms with E-state index >= 15 is 0 Å². The van der Waals surface area contributed by atoms with Crippen molar-refractivity contribution in [3.63, 3.8) is 0 Å². The van der Waals surface area contributed by atoms with Crippen LogP contribution in [0.15, 0.2) is 71.9 Å². The number of fused-ring (bicyclic) bond motifs is 1. The minimum absolute atomic E-state index is 0.229. The molecule has 7 heteroatoms. The molecule has 0 fully saturated rings. The molecule has 0 bridgehead atoms. The molecule has 2 aromatic carbocycles. The van der Waals surface area contributed by atoms with Crippen LogP contribution in [0, 0.1) is 0 Å². The number of H-pyrrole nitrogens is 1. The second-order valence-corrected chi connectivity index (χ2v) is 8.68. The van der Waals surface area contributed by atoms with Crippen LogP contribution >= 0.6 is 11.6 Å². The Bertz CT molecular complexity index is 991. The fourth-order valence-electron chi connectivity index (χ4n) is 3.29. The summed E-state index contributed by atoms with van der Waals surface area (Å²) in [6, 6.07) is 16.3. The third-order valence-corrected chi connectivity index (χ3v) is 7.10. The number of imidazole rings is 1. The molecule has 134 valence electrons. The van der Waals surface area contributed by atoms with E-state index in [9.17, 15) is 8.42 Å². The lowest BCUT2D eigenvalue weighted by atomic mass is 10.0. The molecule has 0 radical (unpaired) electrons. The number of aromatic nitrogens is 2. The first kappa shape index (κ1) is 17.3. The van der Waals surface area contributed by atoms with E-state index < -0.39 is 26.8 Å². The molecule has 5 nitrogen and oxygen atoms in total. The topological polar surface area (TPSA) is 72.1 Å². The summed E-state index contributed by atoms with van der Waals surface area (Å²) in [6.45, 7) is 0. The van der Waals surface area contributed by atoms with Crippen molar-refractivity contribution in [3.05, 3.63) is 83.9 Å². The van der Waals surface area contributed by atoms with E-state index in [1.54, 1.807) is 30.6 Å². The van der Waals surface area contributed by atoms with Crippen molar-refractivity contribution in [2.75, 3.05) is 0 Å². The monoisotopic (exact) mass is 388 g/mol. The summed E-state index contributed by atoms with van der Waals surface area (Å²) in [6.07, 6.45) is 2.85. The first-order chi connectivity index (χ1) is 12.6. The van der Waals surface area contributed by atoms with Crippen molar-refractivity contribution in [2.45, 2.75) is 28.2 Å². The molecule has 1 aromatic heterocycles. The molecule has 2 heterocycles. The van der Waals surface area contributed by atoms with Gasteiger partial charge in [0.25, 0.3) is 0 Å². The molecule has 1 N–H and O–H groups in total. The zero-order valence-corrected chi connectivity index (χ0v) is 15.3. The van der Waals surface area contributed by atoms with Gasteiger partial charge in [-0.05, 0) is 11.6 Å². The van der Waals surface area contributed by atoms with Gasteiger partial charge < -0.3 is 9.72 Å². The average molecular weight is 389 g/mol. The summed E-state index contributed by atoms with van der Waals surface area (Å²) < 4.78 is 32.2. The van der Waals surface area contributed by atoms with Crippen molar-refractivity contribution < 1.29 is 13.2 Å². The third kappa shape index (κ3) is 3.05. The van der Waals surface area contributed by atoms with Crippen LogP contribution in [0.3, 0.4) is 0 Å². The zero-order chi connectivity index (χ0) is 18.1. The van der Waals surface area contributed by atoms with Crippen LogP contribution < -0.4 is 0 Å². The molecule has 0 amide bonds. The lowest BCUT2D eigenvalue weighted by Crippen LogP contribution is -2.26. The van der Waals surface area contributed by atoms with Crippen molar-refractivity contribution in [3.8, 4) is 0 Å². The van der Waals surface area contributed by atoms with Crippen LogP contribution in [-0.4, -0.2) is 23.6 Å². The normalized spacial score (nSPS) is 22.0. The number of nitrogens with zero attached hydrogens (tertiary/aromatic N) is 1. The molecule has 1 aliphatic heterocycles. The first-order valence-corrected chi connectivity index (χ1v) is 10.2. The predicted molar refractivity (Wildman–Crippen MR) is 98.6 cm³/mol. The number of alkyl halides is 1. The van der Waals surface area contributed by atoms with Crippen molar-refractivity contribution in [1.29, 1.82) is 0 Å². The molecular weight excluding hydrogens is 372 g/mol. The number of hydrogen-bond donors (Lipinski definition) is 1. The fourth-order valence-corrected chi connectivity index (χ4v) is 5.57. The lowest BCUT2D eigenvalue weighted by Gasteiger charge is -2.22. The lowest BCUT2D eigenvalue weighted by molar-refractivity contribution is 0.0279. The second-order valence-electron chi connectivity index (χ2n) is 6.14. The predicted octanol–water partition coefficient (Wildman–Crippen LogP) is 3.80. The molecule has 0 saturated heterocycles. The highest BCUT2D eigenvalue weighted by molar-refractivity contribution is 7.92. The van der Waals surface area contributed by atoms with Gasteiger partial charge in [-0.2, -0.15) is 0 Å². The van der Waals surface area contributed by atoms with Gasteiger partial charge in [-0.3, -0.25) is 0 Å². The Morgan fingerprint density at radius 1 is 1.12 bits per heavy atom. The Hall–Kier alpha value is -2.15. The molecule has 26 heavy (non-hydrogen) atoms. The maximum atomic E-state index is 13.1. The largest absolute Gasteiger partial charge is 0.349 e. The van der Waals surface area contributed by atoms with Crippen LogP contribution in [0.25, 0.3) is 0 Å². The van der Waals surface area contributed by atoms with Gasteiger partial charge in [-0.1, -0.05) is 60.1 Å². The molecule has 0 spiro atoms. The number of sulfone groups is 1. The number of nitrogens with one attached hydrogen (secondary N) is 1. The van der Waals surface area contributed by atoms with Gasteiger partial charge in [0.2, 0.25) is 0 Å². The van der Waals surface area contributed by atoms with Gasteiger partial charge in [-0.15, -0.1) is 0 Å². The van der Waals surface area contributed by atoms with E-state index in [4.69, 9.17) is 16.3 Å². The Balaban J connectivity index is 1.71. The van der Waals surface area contributed by atoms with E-state index in [2.05, 4.69) is 9.97 Å². The Kier molecular flexibility index (Phi) is 4.56. The smallest absolute Gasteiger partial charge is 0.184 e. The maximum Gasteiger partial charge on any atom is 0.184 e. The molecule has 1 aliphatic rings. The summed E-state index contributed by atoms with van der Waals surface area (Å²) in [7, 11) is -3.54. The summed E-state index contributed by atoms with van der Waals surface area (Å²) in [5.41, 5.74) is 0.681. The van der Waals surface area contributed by atoms with E-state index in [0.29, 0.717) is 16.3 Å². The average Bonchev–Trinajstić information content (AvgIpc) is 3.24.